The standard InChI is InChI=1S/C15H15FO/c1-9-6-12(17)8-11-4-5-14(16)13(15(9)11)7-10-2-3-10/h4-6,8,10,17H,2-3,7H2,1H3. The Bertz CT molecular complexity index is 585. The summed E-state index contributed by atoms with van der Waals surface area (Å²) in [7, 11) is 0. The number of rotatable bonds is 2. The normalized spacial score (nSPS) is 15.4. The van der Waals surface area contributed by atoms with Crippen molar-refractivity contribution in [3.63, 3.8) is 0 Å². The van der Waals surface area contributed by atoms with Gasteiger partial charge in [-0.05, 0) is 72.2 Å². The van der Waals surface area contributed by atoms with Gasteiger partial charge in [-0.25, -0.2) is 4.39 Å². The number of aryl methyl sites for hydroxylation is 1. The zero-order chi connectivity index (χ0) is 12.0. The lowest BCUT2D eigenvalue weighted by molar-refractivity contribution is 0.475. The van der Waals surface area contributed by atoms with Crippen molar-refractivity contribution in [2.75, 3.05) is 0 Å². The molecule has 88 valence electrons. The van der Waals surface area contributed by atoms with Gasteiger partial charge in [0.05, 0.1) is 0 Å². The molecule has 0 aromatic heterocycles. The fourth-order valence-electron chi connectivity index (χ4n) is 2.53. The molecule has 1 aliphatic carbocycles. The van der Waals surface area contributed by atoms with Crippen molar-refractivity contribution in [3.05, 3.63) is 41.2 Å². The highest BCUT2D eigenvalue weighted by Crippen LogP contribution is 2.37. The first-order valence-corrected chi connectivity index (χ1v) is 6.06. The molecule has 0 heterocycles. The van der Waals surface area contributed by atoms with E-state index < -0.39 is 0 Å². The van der Waals surface area contributed by atoms with E-state index in [-0.39, 0.29) is 11.6 Å². The van der Waals surface area contributed by atoms with Crippen molar-refractivity contribution in [2.45, 2.75) is 26.2 Å². The van der Waals surface area contributed by atoms with E-state index >= 15 is 0 Å². The van der Waals surface area contributed by atoms with Crippen molar-refractivity contribution in [3.8, 4) is 5.75 Å². The summed E-state index contributed by atoms with van der Waals surface area (Å²) in [5, 5.41) is 11.5. The highest BCUT2D eigenvalue weighted by atomic mass is 19.1. The van der Waals surface area contributed by atoms with Crippen LogP contribution in [0.2, 0.25) is 0 Å². The number of hydrogen-bond acceptors (Lipinski definition) is 1. The van der Waals surface area contributed by atoms with Crippen molar-refractivity contribution in [2.24, 2.45) is 5.92 Å². The summed E-state index contributed by atoms with van der Waals surface area (Å²) in [6, 6.07) is 6.67. The number of aromatic hydroxyl groups is 1. The summed E-state index contributed by atoms with van der Waals surface area (Å²) in [6.45, 7) is 1.93. The Labute approximate surface area is 99.9 Å². The lowest BCUT2D eigenvalue weighted by atomic mass is 9.96. The predicted octanol–water partition coefficient (Wildman–Crippen LogP) is 3.95. The van der Waals surface area contributed by atoms with E-state index in [1.807, 2.05) is 6.92 Å². The third kappa shape index (κ3) is 1.88. The first-order valence-electron chi connectivity index (χ1n) is 6.06. The molecule has 0 saturated heterocycles. The minimum atomic E-state index is -0.113. The van der Waals surface area contributed by atoms with E-state index in [2.05, 4.69) is 0 Å². The maximum atomic E-state index is 13.9. The molecule has 0 spiro atoms. The third-order valence-electron chi connectivity index (χ3n) is 3.54. The van der Waals surface area contributed by atoms with E-state index in [1.165, 1.54) is 18.9 Å². The van der Waals surface area contributed by atoms with Crippen LogP contribution in [0.15, 0.2) is 24.3 Å². The first kappa shape index (κ1) is 10.6. The van der Waals surface area contributed by atoms with Gasteiger partial charge >= 0.3 is 0 Å². The van der Waals surface area contributed by atoms with Crippen LogP contribution < -0.4 is 0 Å². The van der Waals surface area contributed by atoms with Crippen LogP contribution in [0.25, 0.3) is 10.8 Å². The van der Waals surface area contributed by atoms with Gasteiger partial charge in [-0.1, -0.05) is 6.07 Å². The van der Waals surface area contributed by atoms with Crippen LogP contribution in [-0.4, -0.2) is 5.11 Å². The molecule has 1 nitrogen and oxygen atoms in total. The highest BCUT2D eigenvalue weighted by molar-refractivity contribution is 5.90. The van der Waals surface area contributed by atoms with Crippen LogP contribution in [0.1, 0.15) is 24.0 Å². The number of benzene rings is 2. The molecule has 0 atom stereocenters. The average Bonchev–Trinajstić information content (AvgIpc) is 3.06. The van der Waals surface area contributed by atoms with Crippen molar-refractivity contribution >= 4 is 10.8 Å². The summed E-state index contributed by atoms with van der Waals surface area (Å²) >= 11 is 0. The summed E-state index contributed by atoms with van der Waals surface area (Å²) in [4.78, 5) is 0. The van der Waals surface area contributed by atoms with Crippen LogP contribution in [-0.2, 0) is 6.42 Å². The van der Waals surface area contributed by atoms with Gasteiger partial charge in [-0.15, -0.1) is 0 Å². The minimum absolute atomic E-state index is 0.113. The van der Waals surface area contributed by atoms with E-state index in [0.29, 0.717) is 5.92 Å². The Balaban J connectivity index is 2.25. The first-order chi connectivity index (χ1) is 8.15. The zero-order valence-electron chi connectivity index (χ0n) is 9.83. The number of hydrogen-bond donors (Lipinski definition) is 1. The Morgan fingerprint density at radius 1 is 1.29 bits per heavy atom. The van der Waals surface area contributed by atoms with Gasteiger partial charge in [0.15, 0.2) is 0 Å². The molecule has 1 N–H and O–H groups in total. The minimum Gasteiger partial charge on any atom is -0.508 e. The van der Waals surface area contributed by atoms with Gasteiger partial charge in [-0.2, -0.15) is 0 Å². The van der Waals surface area contributed by atoms with Crippen LogP contribution in [0.3, 0.4) is 0 Å². The monoisotopic (exact) mass is 230 g/mol. The lowest BCUT2D eigenvalue weighted by Gasteiger charge is -2.11. The number of phenolic OH excluding ortho intramolecular Hbond substituents is 1. The Morgan fingerprint density at radius 2 is 2.06 bits per heavy atom. The summed E-state index contributed by atoms with van der Waals surface area (Å²) in [5.41, 5.74) is 1.78. The second-order valence-electron chi connectivity index (χ2n) is 5.03. The van der Waals surface area contributed by atoms with E-state index in [9.17, 15) is 9.50 Å². The second kappa shape index (κ2) is 3.73. The maximum Gasteiger partial charge on any atom is 0.127 e. The molecule has 0 radical (unpaired) electrons. The molecular formula is C15H15FO. The third-order valence-corrected chi connectivity index (χ3v) is 3.54. The summed E-state index contributed by atoms with van der Waals surface area (Å²) in [5.74, 6) is 0.792. The topological polar surface area (TPSA) is 20.2 Å². The predicted molar refractivity (Wildman–Crippen MR) is 66.7 cm³/mol. The van der Waals surface area contributed by atoms with Gasteiger partial charge < -0.3 is 5.11 Å². The molecule has 3 rings (SSSR count). The number of fused-ring (bicyclic) bond motifs is 1. The van der Waals surface area contributed by atoms with E-state index in [0.717, 1.165) is 28.3 Å². The molecule has 1 fully saturated rings. The van der Waals surface area contributed by atoms with Gasteiger partial charge in [0.1, 0.15) is 11.6 Å². The van der Waals surface area contributed by atoms with Gasteiger partial charge in [0.25, 0.3) is 0 Å². The molecule has 0 unspecified atom stereocenters. The van der Waals surface area contributed by atoms with Gasteiger partial charge in [-0.3, -0.25) is 0 Å². The van der Waals surface area contributed by atoms with Crippen molar-refractivity contribution in [1.82, 2.24) is 0 Å². The molecule has 0 aliphatic heterocycles. The molecule has 2 aromatic carbocycles. The zero-order valence-corrected chi connectivity index (χ0v) is 9.83. The van der Waals surface area contributed by atoms with Crippen molar-refractivity contribution < 1.29 is 9.50 Å². The Hall–Kier alpha value is -1.57. The lowest BCUT2D eigenvalue weighted by Crippen LogP contribution is -1.96. The second-order valence-corrected chi connectivity index (χ2v) is 5.03. The van der Waals surface area contributed by atoms with E-state index in [4.69, 9.17) is 0 Å². The molecular weight excluding hydrogens is 215 g/mol. The summed E-state index contributed by atoms with van der Waals surface area (Å²) in [6.07, 6.45) is 3.26. The van der Waals surface area contributed by atoms with Crippen LogP contribution in [0.5, 0.6) is 5.75 Å². The SMILES string of the molecule is Cc1cc(O)cc2ccc(F)c(CC3CC3)c12. The largest absolute Gasteiger partial charge is 0.508 e. The number of phenols is 1. The average molecular weight is 230 g/mol. The molecule has 1 aliphatic rings. The van der Waals surface area contributed by atoms with Crippen LogP contribution in [0, 0.1) is 18.7 Å². The summed E-state index contributed by atoms with van der Waals surface area (Å²) < 4.78 is 13.9. The fraction of sp³-hybridized carbons (Fsp3) is 0.333. The highest BCUT2D eigenvalue weighted by Gasteiger charge is 2.24. The maximum absolute atomic E-state index is 13.9. The molecule has 0 amide bonds. The van der Waals surface area contributed by atoms with Crippen molar-refractivity contribution in [1.29, 1.82) is 0 Å². The quantitative estimate of drug-likeness (QED) is 0.828. The molecule has 1 saturated carbocycles. The molecule has 0 bridgehead atoms. The van der Waals surface area contributed by atoms with Gasteiger partial charge in [0, 0.05) is 0 Å². The van der Waals surface area contributed by atoms with Crippen LogP contribution >= 0.6 is 0 Å². The number of halogens is 1. The Kier molecular flexibility index (Phi) is 2.32. The molecule has 2 heteroatoms. The fourth-order valence-corrected chi connectivity index (χ4v) is 2.53. The van der Waals surface area contributed by atoms with E-state index in [1.54, 1.807) is 18.2 Å². The Morgan fingerprint density at radius 3 is 2.76 bits per heavy atom. The van der Waals surface area contributed by atoms with Crippen LogP contribution in [0.4, 0.5) is 4.39 Å². The molecule has 2 aromatic rings. The molecule has 17 heavy (non-hydrogen) atoms. The van der Waals surface area contributed by atoms with Gasteiger partial charge in [0.2, 0.25) is 0 Å². The smallest absolute Gasteiger partial charge is 0.127 e.